The van der Waals surface area contributed by atoms with E-state index < -0.39 is 55.1 Å². The van der Waals surface area contributed by atoms with E-state index in [0.29, 0.717) is 0 Å². The summed E-state index contributed by atoms with van der Waals surface area (Å²) in [5.74, 6) is -2.25. The first kappa shape index (κ1) is 24.5. The minimum Gasteiger partial charge on any atom is -0.465 e. The van der Waals surface area contributed by atoms with E-state index in [1.165, 1.54) is 32.6 Å². The summed E-state index contributed by atoms with van der Waals surface area (Å²) in [4.78, 5) is 43.9. The maximum absolute atomic E-state index is 12.9. The molecule has 0 bridgehead atoms. The predicted octanol–water partition coefficient (Wildman–Crippen LogP) is 1.26. The van der Waals surface area contributed by atoms with Gasteiger partial charge in [-0.05, 0) is 19.1 Å². The van der Waals surface area contributed by atoms with Crippen LogP contribution < -0.4 is 10.1 Å². The molecule has 2 aromatic rings. The number of esters is 1. The van der Waals surface area contributed by atoms with Crippen molar-refractivity contribution in [2.24, 2.45) is 0 Å². The molecule has 0 aliphatic rings. The molecule has 1 amide bonds. The minimum absolute atomic E-state index is 0.0748. The Hall–Kier alpha value is -3.81. The molecule has 13 nitrogen and oxygen atoms in total. The van der Waals surface area contributed by atoms with Gasteiger partial charge in [0.25, 0.3) is 5.91 Å². The van der Waals surface area contributed by atoms with Gasteiger partial charge >= 0.3 is 17.7 Å². The summed E-state index contributed by atoms with van der Waals surface area (Å²) in [7, 11) is -1.42. The highest BCUT2D eigenvalue weighted by molar-refractivity contribution is 7.90. The predicted molar refractivity (Wildman–Crippen MR) is 111 cm³/mol. The Morgan fingerprint density at radius 1 is 1.25 bits per heavy atom. The third-order valence-electron chi connectivity index (χ3n) is 3.88. The summed E-state index contributed by atoms with van der Waals surface area (Å²) in [6.45, 7) is 1.15. The number of hydrogen-bond donors (Lipinski definition) is 1. The number of benzene rings is 1. The van der Waals surface area contributed by atoms with Crippen LogP contribution in [0.15, 0.2) is 29.4 Å². The highest BCUT2D eigenvalue weighted by atomic mass is 32.2. The Balaban J connectivity index is 2.85. The summed E-state index contributed by atoms with van der Waals surface area (Å²) in [6.07, 6.45) is 3.45. The topological polar surface area (TPSA) is 171 Å². The zero-order chi connectivity index (χ0) is 24.1. The van der Waals surface area contributed by atoms with Crippen molar-refractivity contribution < 1.29 is 32.4 Å². The molecule has 1 aromatic carbocycles. The van der Waals surface area contributed by atoms with E-state index in [4.69, 9.17) is 9.47 Å². The first-order valence-electron chi connectivity index (χ1n) is 9.08. The summed E-state index contributed by atoms with van der Waals surface area (Å²) in [5, 5.41) is 14.4. The standard InChI is InChI=1S/C18H21N5O8S/c1-5-30-13(24)10-21-11-9-12(32(4,28)29)16(31-18-19-7-6-8-20-18)14(15(11)23(26)27)17(25)22(2)3/h6-9,21H,5,10H2,1-4H3. The lowest BCUT2D eigenvalue weighted by Crippen LogP contribution is -2.25. The second-order valence-corrected chi connectivity index (χ2v) is 8.48. The molecule has 0 saturated heterocycles. The normalized spacial score (nSPS) is 10.9. The van der Waals surface area contributed by atoms with Crippen LogP contribution in [0.4, 0.5) is 11.4 Å². The molecule has 0 aliphatic heterocycles. The molecule has 0 atom stereocenters. The van der Waals surface area contributed by atoms with Crippen LogP contribution in [-0.2, 0) is 19.4 Å². The number of amides is 1. The number of nitro benzene ring substituents is 1. The number of hydrogen-bond acceptors (Lipinski definition) is 11. The number of aromatic nitrogens is 2. The van der Waals surface area contributed by atoms with Crippen molar-refractivity contribution >= 4 is 33.1 Å². The molecule has 172 valence electrons. The van der Waals surface area contributed by atoms with E-state index in [-0.39, 0.29) is 18.3 Å². The number of rotatable bonds is 9. The van der Waals surface area contributed by atoms with Crippen LogP contribution in [0.25, 0.3) is 0 Å². The third-order valence-corrected chi connectivity index (χ3v) is 4.99. The fraction of sp³-hybridized carbons (Fsp3) is 0.333. The van der Waals surface area contributed by atoms with Gasteiger partial charge in [-0.25, -0.2) is 18.4 Å². The SMILES string of the molecule is CCOC(=O)CNc1cc(S(C)(=O)=O)c(Oc2ncccn2)c(C(=O)N(C)C)c1[N+](=O)[O-]. The third kappa shape index (κ3) is 5.66. The Morgan fingerprint density at radius 3 is 2.38 bits per heavy atom. The Kier molecular flexibility index (Phi) is 7.64. The minimum atomic E-state index is -4.08. The van der Waals surface area contributed by atoms with Crippen molar-refractivity contribution in [3.05, 3.63) is 40.2 Å². The number of sulfone groups is 1. The molecule has 0 spiro atoms. The summed E-state index contributed by atoms with van der Waals surface area (Å²) < 4.78 is 35.3. The molecule has 14 heteroatoms. The zero-order valence-electron chi connectivity index (χ0n) is 17.7. The summed E-state index contributed by atoms with van der Waals surface area (Å²) in [5.41, 5.74) is -1.82. The number of nitrogens with one attached hydrogen (secondary N) is 1. The summed E-state index contributed by atoms with van der Waals surface area (Å²) in [6, 6.07) is 2.06. The molecular formula is C18H21N5O8S. The van der Waals surface area contributed by atoms with Gasteiger partial charge in [-0.1, -0.05) is 0 Å². The molecule has 0 fully saturated rings. The average Bonchev–Trinajstić information content (AvgIpc) is 2.71. The van der Waals surface area contributed by atoms with Gasteiger partial charge in [-0.15, -0.1) is 0 Å². The second-order valence-electron chi connectivity index (χ2n) is 6.50. The van der Waals surface area contributed by atoms with Crippen molar-refractivity contribution in [1.82, 2.24) is 14.9 Å². The Labute approximate surface area is 183 Å². The molecule has 0 radical (unpaired) electrons. The second kappa shape index (κ2) is 10.00. The molecule has 0 saturated carbocycles. The summed E-state index contributed by atoms with van der Waals surface area (Å²) >= 11 is 0. The first-order chi connectivity index (χ1) is 15.0. The lowest BCUT2D eigenvalue weighted by atomic mass is 10.1. The lowest BCUT2D eigenvalue weighted by Gasteiger charge is -2.19. The van der Waals surface area contributed by atoms with Gasteiger partial charge in [0.15, 0.2) is 21.2 Å². The molecule has 1 aromatic heterocycles. The van der Waals surface area contributed by atoms with Gasteiger partial charge in [-0.3, -0.25) is 19.7 Å². The Morgan fingerprint density at radius 2 is 1.88 bits per heavy atom. The van der Waals surface area contributed by atoms with Crippen LogP contribution in [0.3, 0.4) is 0 Å². The lowest BCUT2D eigenvalue weighted by molar-refractivity contribution is -0.384. The van der Waals surface area contributed by atoms with E-state index in [1.807, 2.05) is 0 Å². The first-order valence-corrected chi connectivity index (χ1v) is 11.0. The van der Waals surface area contributed by atoms with Crippen LogP contribution in [0.2, 0.25) is 0 Å². The van der Waals surface area contributed by atoms with Crippen molar-refractivity contribution in [3.8, 4) is 11.8 Å². The van der Waals surface area contributed by atoms with Gasteiger partial charge < -0.3 is 19.7 Å². The van der Waals surface area contributed by atoms with E-state index in [1.54, 1.807) is 6.92 Å². The smallest absolute Gasteiger partial charge is 0.325 e. The number of nitrogens with zero attached hydrogens (tertiary/aromatic N) is 4. The van der Waals surface area contributed by atoms with E-state index in [0.717, 1.165) is 17.2 Å². The Bertz CT molecular complexity index is 1140. The van der Waals surface area contributed by atoms with Crippen LogP contribution in [0, 0.1) is 10.1 Å². The molecule has 0 aliphatic carbocycles. The number of ether oxygens (including phenoxy) is 2. The van der Waals surface area contributed by atoms with Crippen LogP contribution in [0.1, 0.15) is 17.3 Å². The monoisotopic (exact) mass is 467 g/mol. The van der Waals surface area contributed by atoms with Crippen molar-refractivity contribution in [1.29, 1.82) is 0 Å². The van der Waals surface area contributed by atoms with Gasteiger partial charge in [0, 0.05) is 32.7 Å². The fourth-order valence-corrected chi connectivity index (χ4v) is 3.37. The number of carbonyl (C=O) groups is 2. The number of nitro groups is 1. The maximum atomic E-state index is 12.9. The number of anilines is 1. The molecular weight excluding hydrogens is 446 g/mol. The van der Waals surface area contributed by atoms with Gasteiger partial charge in [0.2, 0.25) is 0 Å². The number of carbonyl (C=O) groups excluding carboxylic acids is 2. The molecule has 32 heavy (non-hydrogen) atoms. The largest absolute Gasteiger partial charge is 0.465 e. The quantitative estimate of drug-likeness (QED) is 0.320. The van der Waals surface area contributed by atoms with Gasteiger partial charge in [0.05, 0.1) is 11.5 Å². The highest BCUT2D eigenvalue weighted by Gasteiger charge is 2.36. The van der Waals surface area contributed by atoms with E-state index in [9.17, 15) is 28.1 Å². The van der Waals surface area contributed by atoms with Crippen molar-refractivity contribution in [3.63, 3.8) is 0 Å². The molecule has 2 rings (SSSR count). The average molecular weight is 467 g/mol. The fourth-order valence-electron chi connectivity index (χ4n) is 2.56. The van der Waals surface area contributed by atoms with Crippen LogP contribution >= 0.6 is 0 Å². The van der Waals surface area contributed by atoms with Crippen LogP contribution in [0.5, 0.6) is 11.8 Å². The maximum Gasteiger partial charge on any atom is 0.325 e. The molecule has 1 N–H and O–H groups in total. The van der Waals surface area contributed by atoms with Crippen molar-refractivity contribution in [2.75, 3.05) is 38.8 Å². The highest BCUT2D eigenvalue weighted by Crippen LogP contribution is 2.42. The van der Waals surface area contributed by atoms with Crippen LogP contribution in [-0.4, -0.2) is 73.6 Å². The zero-order valence-corrected chi connectivity index (χ0v) is 18.5. The van der Waals surface area contributed by atoms with Gasteiger partial charge in [0.1, 0.15) is 17.1 Å². The molecule has 1 heterocycles. The van der Waals surface area contributed by atoms with E-state index in [2.05, 4.69) is 15.3 Å². The molecule has 0 unspecified atom stereocenters. The van der Waals surface area contributed by atoms with E-state index >= 15 is 0 Å². The van der Waals surface area contributed by atoms with Crippen molar-refractivity contribution in [2.45, 2.75) is 11.8 Å². The van der Waals surface area contributed by atoms with Gasteiger partial charge in [-0.2, -0.15) is 0 Å².